The molecule has 1 saturated heterocycles. The topological polar surface area (TPSA) is 27.7 Å². The Hall–Kier alpha value is -0.380. The number of rotatable bonds is 3. The average Bonchev–Trinajstić information content (AvgIpc) is 2.52. The molecular weight excluding hydrogens is 144 g/mol. The summed E-state index contributed by atoms with van der Waals surface area (Å²) in [6, 6.07) is 0. The van der Waals surface area contributed by atoms with Crippen LogP contribution in [0.3, 0.4) is 0 Å². The van der Waals surface area contributed by atoms with Crippen molar-refractivity contribution in [1.29, 1.82) is 0 Å². The Morgan fingerprint density at radius 3 is 2.73 bits per heavy atom. The third kappa shape index (κ3) is 2.61. The highest BCUT2D eigenvalue weighted by molar-refractivity contribution is 5.02. The molecule has 0 aromatic heterocycles. The Bertz CT molecular complexity index is 136. The first-order chi connectivity index (χ1) is 5.34. The minimum Gasteiger partial charge on any atom is -0.381 e. The smallest absolute Gasteiger partial charge is 0.179 e. The van der Waals surface area contributed by atoms with Gasteiger partial charge in [0.2, 0.25) is 0 Å². The molecule has 0 aliphatic carbocycles. The summed E-state index contributed by atoms with van der Waals surface area (Å²) in [6.07, 6.45) is 1.83. The van der Waals surface area contributed by atoms with E-state index in [0.717, 1.165) is 5.57 Å². The van der Waals surface area contributed by atoms with Crippen molar-refractivity contribution in [2.45, 2.75) is 13.2 Å². The van der Waals surface area contributed by atoms with E-state index in [1.54, 1.807) is 7.11 Å². The second-order valence-electron chi connectivity index (χ2n) is 2.48. The molecule has 3 heteroatoms. The van der Waals surface area contributed by atoms with Crippen LogP contribution in [0.25, 0.3) is 0 Å². The third-order valence-electron chi connectivity index (χ3n) is 1.57. The Balaban J connectivity index is 2.32. The van der Waals surface area contributed by atoms with Gasteiger partial charge in [-0.15, -0.1) is 0 Å². The second kappa shape index (κ2) is 4.49. The van der Waals surface area contributed by atoms with Crippen LogP contribution in [-0.2, 0) is 14.2 Å². The Morgan fingerprint density at radius 1 is 1.55 bits per heavy atom. The molecule has 0 amide bonds. The molecule has 0 aromatic carbocycles. The van der Waals surface area contributed by atoms with Crippen LogP contribution in [0.1, 0.15) is 6.92 Å². The molecule has 0 aromatic rings. The number of hydrogen-bond donors (Lipinski definition) is 0. The van der Waals surface area contributed by atoms with Gasteiger partial charge in [-0.05, 0) is 12.5 Å². The molecule has 1 fully saturated rings. The molecule has 0 unspecified atom stereocenters. The normalized spacial score (nSPS) is 21.1. The fourth-order valence-electron chi connectivity index (χ4n) is 0.932. The van der Waals surface area contributed by atoms with E-state index in [1.807, 2.05) is 13.0 Å². The minimum absolute atomic E-state index is 0.134. The van der Waals surface area contributed by atoms with Gasteiger partial charge in [-0.2, -0.15) is 0 Å². The maximum absolute atomic E-state index is 5.27. The monoisotopic (exact) mass is 158 g/mol. The molecule has 0 radical (unpaired) electrons. The first kappa shape index (κ1) is 8.71. The van der Waals surface area contributed by atoms with Gasteiger partial charge >= 0.3 is 0 Å². The fraction of sp³-hybridized carbons (Fsp3) is 0.750. The number of ether oxygens (including phenoxy) is 3. The molecule has 1 aliphatic rings. The molecule has 1 rings (SSSR count). The molecule has 0 atom stereocenters. The van der Waals surface area contributed by atoms with Crippen LogP contribution in [-0.4, -0.2) is 33.2 Å². The van der Waals surface area contributed by atoms with Crippen molar-refractivity contribution in [2.75, 3.05) is 26.9 Å². The fourth-order valence-corrected chi connectivity index (χ4v) is 0.932. The van der Waals surface area contributed by atoms with Gasteiger partial charge < -0.3 is 14.2 Å². The van der Waals surface area contributed by atoms with Gasteiger partial charge in [0.05, 0.1) is 19.8 Å². The van der Waals surface area contributed by atoms with E-state index in [0.29, 0.717) is 19.8 Å². The standard InChI is InChI=1S/C8H14O3/c1-7(3-4-9-2)8-10-5-6-11-8/h3,8H,4-6H2,1-2H3/b7-3-. The zero-order valence-electron chi connectivity index (χ0n) is 7.00. The van der Waals surface area contributed by atoms with Crippen LogP contribution < -0.4 is 0 Å². The summed E-state index contributed by atoms with van der Waals surface area (Å²) in [4.78, 5) is 0. The number of hydrogen-bond acceptors (Lipinski definition) is 3. The maximum atomic E-state index is 5.27. The van der Waals surface area contributed by atoms with E-state index in [4.69, 9.17) is 14.2 Å². The van der Waals surface area contributed by atoms with Gasteiger partial charge in [-0.3, -0.25) is 0 Å². The summed E-state index contributed by atoms with van der Waals surface area (Å²) in [7, 11) is 1.67. The van der Waals surface area contributed by atoms with Crippen LogP contribution >= 0.6 is 0 Å². The van der Waals surface area contributed by atoms with Crippen molar-refractivity contribution in [3.05, 3.63) is 11.6 Å². The van der Waals surface area contributed by atoms with Crippen LogP contribution in [0.4, 0.5) is 0 Å². The molecule has 0 bridgehead atoms. The third-order valence-corrected chi connectivity index (χ3v) is 1.57. The van der Waals surface area contributed by atoms with Gasteiger partial charge in [-0.25, -0.2) is 0 Å². The van der Waals surface area contributed by atoms with Gasteiger partial charge in [0.15, 0.2) is 6.29 Å². The second-order valence-corrected chi connectivity index (χ2v) is 2.48. The lowest BCUT2D eigenvalue weighted by atomic mass is 10.3. The summed E-state index contributed by atoms with van der Waals surface area (Å²) < 4.78 is 15.4. The highest BCUT2D eigenvalue weighted by Crippen LogP contribution is 2.12. The Morgan fingerprint density at radius 2 is 2.18 bits per heavy atom. The van der Waals surface area contributed by atoms with Gasteiger partial charge in [-0.1, -0.05) is 6.08 Å². The highest BCUT2D eigenvalue weighted by atomic mass is 16.7. The molecule has 0 spiro atoms. The molecular formula is C8H14O3. The van der Waals surface area contributed by atoms with E-state index >= 15 is 0 Å². The van der Waals surface area contributed by atoms with E-state index < -0.39 is 0 Å². The van der Waals surface area contributed by atoms with E-state index in [9.17, 15) is 0 Å². The van der Waals surface area contributed by atoms with E-state index in [-0.39, 0.29) is 6.29 Å². The summed E-state index contributed by atoms with van der Waals surface area (Å²) in [6.45, 7) is 4.00. The first-order valence-corrected chi connectivity index (χ1v) is 3.73. The molecule has 1 aliphatic heterocycles. The Labute approximate surface area is 66.9 Å². The lowest BCUT2D eigenvalue weighted by Gasteiger charge is -2.08. The lowest BCUT2D eigenvalue weighted by molar-refractivity contribution is -0.0115. The van der Waals surface area contributed by atoms with Crippen molar-refractivity contribution >= 4 is 0 Å². The molecule has 64 valence electrons. The zero-order chi connectivity index (χ0) is 8.10. The van der Waals surface area contributed by atoms with E-state index in [2.05, 4.69) is 0 Å². The van der Waals surface area contributed by atoms with Gasteiger partial charge in [0.25, 0.3) is 0 Å². The summed E-state index contributed by atoms with van der Waals surface area (Å²) >= 11 is 0. The molecule has 3 nitrogen and oxygen atoms in total. The van der Waals surface area contributed by atoms with Crippen LogP contribution in [0, 0.1) is 0 Å². The van der Waals surface area contributed by atoms with Crippen LogP contribution in [0.2, 0.25) is 0 Å². The lowest BCUT2D eigenvalue weighted by Crippen LogP contribution is -2.09. The van der Waals surface area contributed by atoms with Crippen LogP contribution in [0.5, 0.6) is 0 Å². The minimum atomic E-state index is -0.134. The van der Waals surface area contributed by atoms with Crippen molar-refractivity contribution in [1.82, 2.24) is 0 Å². The summed E-state index contributed by atoms with van der Waals surface area (Å²) in [5.74, 6) is 0. The van der Waals surface area contributed by atoms with Crippen molar-refractivity contribution in [2.24, 2.45) is 0 Å². The SMILES string of the molecule is COC/C=C(/C)C1OCCO1. The quantitative estimate of drug-likeness (QED) is 0.572. The van der Waals surface area contributed by atoms with E-state index in [1.165, 1.54) is 0 Å². The van der Waals surface area contributed by atoms with Gasteiger partial charge in [0.1, 0.15) is 0 Å². The van der Waals surface area contributed by atoms with Crippen molar-refractivity contribution < 1.29 is 14.2 Å². The molecule has 0 saturated carbocycles. The summed E-state index contributed by atoms with van der Waals surface area (Å²) in [5, 5.41) is 0. The largest absolute Gasteiger partial charge is 0.381 e. The number of methoxy groups -OCH3 is 1. The van der Waals surface area contributed by atoms with Crippen molar-refractivity contribution in [3.8, 4) is 0 Å². The first-order valence-electron chi connectivity index (χ1n) is 3.73. The molecule has 11 heavy (non-hydrogen) atoms. The summed E-state index contributed by atoms with van der Waals surface area (Å²) in [5.41, 5.74) is 1.09. The van der Waals surface area contributed by atoms with Crippen molar-refractivity contribution in [3.63, 3.8) is 0 Å². The van der Waals surface area contributed by atoms with Gasteiger partial charge in [0, 0.05) is 7.11 Å². The predicted octanol–water partition coefficient (Wildman–Crippen LogP) is 0.952. The predicted molar refractivity (Wildman–Crippen MR) is 41.3 cm³/mol. The average molecular weight is 158 g/mol. The maximum Gasteiger partial charge on any atom is 0.179 e. The molecule has 0 N–H and O–H groups in total. The van der Waals surface area contributed by atoms with Crippen LogP contribution in [0.15, 0.2) is 11.6 Å². The zero-order valence-corrected chi connectivity index (χ0v) is 7.00. The molecule has 1 heterocycles. The highest BCUT2D eigenvalue weighted by Gasteiger charge is 2.16. The Kier molecular flexibility index (Phi) is 3.56.